The molecular formula is C8H14O2. The molecule has 2 fully saturated rings. The smallest absolute Gasteiger partial charge is 0.0651 e. The van der Waals surface area contributed by atoms with Crippen molar-refractivity contribution < 1.29 is 9.84 Å². The minimum atomic E-state index is -0.101. The Bertz CT molecular complexity index is 159. The Morgan fingerprint density at radius 2 is 2.00 bits per heavy atom. The first-order chi connectivity index (χ1) is 4.58. The summed E-state index contributed by atoms with van der Waals surface area (Å²) >= 11 is 0. The van der Waals surface area contributed by atoms with Crippen LogP contribution in [0.15, 0.2) is 0 Å². The van der Waals surface area contributed by atoms with Gasteiger partial charge in [-0.05, 0) is 11.8 Å². The van der Waals surface area contributed by atoms with E-state index in [0.717, 1.165) is 19.6 Å². The summed E-state index contributed by atoms with van der Waals surface area (Å²) in [6, 6.07) is 0. The van der Waals surface area contributed by atoms with Crippen LogP contribution >= 0.6 is 0 Å². The van der Waals surface area contributed by atoms with Gasteiger partial charge in [-0.25, -0.2) is 0 Å². The van der Waals surface area contributed by atoms with Crippen molar-refractivity contribution in [3.05, 3.63) is 0 Å². The minimum Gasteiger partial charge on any atom is -0.392 e. The second-order valence-electron chi connectivity index (χ2n) is 4.25. The topological polar surface area (TPSA) is 29.5 Å². The number of rotatable bonds is 0. The van der Waals surface area contributed by atoms with Crippen LogP contribution in [0.4, 0.5) is 0 Å². The molecule has 0 bridgehead atoms. The maximum absolute atomic E-state index is 9.47. The van der Waals surface area contributed by atoms with E-state index >= 15 is 0 Å². The number of hydrogen-bond acceptors (Lipinski definition) is 2. The third-order valence-electron chi connectivity index (χ3n) is 3.41. The predicted octanol–water partition coefficient (Wildman–Crippen LogP) is 0.794. The normalized spacial score (nSPS) is 40.5. The van der Waals surface area contributed by atoms with Gasteiger partial charge in [-0.1, -0.05) is 13.8 Å². The Morgan fingerprint density at radius 3 is 2.10 bits per heavy atom. The number of aliphatic hydroxyl groups is 1. The largest absolute Gasteiger partial charge is 0.392 e. The van der Waals surface area contributed by atoms with Crippen molar-refractivity contribution in [2.75, 3.05) is 13.2 Å². The van der Waals surface area contributed by atoms with Crippen LogP contribution in [0.3, 0.4) is 0 Å². The average Bonchev–Trinajstić information content (AvgIpc) is 1.55. The van der Waals surface area contributed by atoms with Crippen molar-refractivity contribution in [2.45, 2.75) is 26.4 Å². The fraction of sp³-hybridized carbons (Fsp3) is 1.00. The Hall–Kier alpha value is -0.0800. The molecule has 0 aromatic rings. The van der Waals surface area contributed by atoms with E-state index in [9.17, 15) is 5.11 Å². The number of aliphatic hydroxyl groups excluding tert-OH is 1. The first kappa shape index (κ1) is 6.62. The highest BCUT2D eigenvalue weighted by Crippen LogP contribution is 2.60. The molecule has 1 saturated carbocycles. The molecule has 10 heavy (non-hydrogen) atoms. The van der Waals surface area contributed by atoms with E-state index in [4.69, 9.17) is 4.74 Å². The SMILES string of the molecule is CC1(C)CC(O)C12COC2. The lowest BCUT2D eigenvalue weighted by molar-refractivity contribution is -0.293. The summed E-state index contributed by atoms with van der Waals surface area (Å²) in [6.07, 6.45) is 0.840. The Labute approximate surface area is 61.2 Å². The van der Waals surface area contributed by atoms with Crippen LogP contribution in [0.1, 0.15) is 20.3 Å². The quantitative estimate of drug-likeness (QED) is 0.542. The van der Waals surface area contributed by atoms with Crippen LogP contribution in [0.5, 0.6) is 0 Å². The molecule has 0 radical (unpaired) electrons. The van der Waals surface area contributed by atoms with E-state index in [1.54, 1.807) is 0 Å². The summed E-state index contributed by atoms with van der Waals surface area (Å²) in [6.45, 7) is 5.95. The zero-order valence-corrected chi connectivity index (χ0v) is 6.55. The van der Waals surface area contributed by atoms with Gasteiger partial charge in [0.15, 0.2) is 0 Å². The molecule has 0 aromatic heterocycles. The van der Waals surface area contributed by atoms with Gasteiger partial charge in [0.05, 0.1) is 19.3 Å². The zero-order valence-electron chi connectivity index (χ0n) is 6.55. The Kier molecular flexibility index (Phi) is 1.03. The van der Waals surface area contributed by atoms with Gasteiger partial charge < -0.3 is 9.84 Å². The van der Waals surface area contributed by atoms with Crippen molar-refractivity contribution in [3.63, 3.8) is 0 Å². The number of hydrogen-bond donors (Lipinski definition) is 1. The summed E-state index contributed by atoms with van der Waals surface area (Å²) in [5.74, 6) is 0. The van der Waals surface area contributed by atoms with Crippen LogP contribution < -0.4 is 0 Å². The summed E-state index contributed by atoms with van der Waals surface area (Å²) in [7, 11) is 0. The second-order valence-corrected chi connectivity index (χ2v) is 4.25. The lowest BCUT2D eigenvalue weighted by Crippen LogP contribution is -2.68. The molecule has 1 spiro atoms. The summed E-state index contributed by atoms with van der Waals surface area (Å²) in [5.41, 5.74) is 0.442. The second kappa shape index (κ2) is 1.56. The standard InChI is InChI=1S/C8H14O2/c1-7(2)3-6(9)8(7)4-10-5-8/h6,9H,3-5H2,1-2H3. The highest BCUT2D eigenvalue weighted by molar-refractivity contribution is 5.11. The molecule has 58 valence electrons. The molecular weight excluding hydrogens is 128 g/mol. The van der Waals surface area contributed by atoms with Gasteiger partial charge >= 0.3 is 0 Å². The molecule has 2 aliphatic rings. The highest BCUT2D eigenvalue weighted by atomic mass is 16.5. The van der Waals surface area contributed by atoms with Crippen LogP contribution in [-0.2, 0) is 4.74 Å². The van der Waals surface area contributed by atoms with Gasteiger partial charge in [-0.2, -0.15) is 0 Å². The van der Waals surface area contributed by atoms with E-state index in [0.29, 0.717) is 5.41 Å². The van der Waals surface area contributed by atoms with Crippen LogP contribution in [0.25, 0.3) is 0 Å². The molecule has 2 heteroatoms. The van der Waals surface area contributed by atoms with E-state index < -0.39 is 0 Å². The van der Waals surface area contributed by atoms with Crippen LogP contribution in [-0.4, -0.2) is 24.4 Å². The Balaban J connectivity index is 2.18. The third-order valence-corrected chi connectivity index (χ3v) is 3.41. The zero-order chi connectivity index (χ0) is 7.41. The summed E-state index contributed by atoms with van der Waals surface area (Å²) in [5, 5.41) is 9.47. The van der Waals surface area contributed by atoms with Gasteiger partial charge in [0.2, 0.25) is 0 Å². The van der Waals surface area contributed by atoms with E-state index in [2.05, 4.69) is 13.8 Å². The molecule has 0 aromatic carbocycles. The van der Waals surface area contributed by atoms with E-state index in [1.165, 1.54) is 0 Å². The summed E-state index contributed by atoms with van der Waals surface area (Å²) in [4.78, 5) is 0. The molecule has 1 aliphatic heterocycles. The molecule has 0 amide bonds. The fourth-order valence-electron chi connectivity index (χ4n) is 2.11. The fourth-order valence-corrected chi connectivity index (χ4v) is 2.11. The monoisotopic (exact) mass is 142 g/mol. The van der Waals surface area contributed by atoms with Gasteiger partial charge in [-0.15, -0.1) is 0 Å². The minimum absolute atomic E-state index is 0.101. The van der Waals surface area contributed by atoms with Gasteiger partial charge in [0.25, 0.3) is 0 Å². The average molecular weight is 142 g/mol. The van der Waals surface area contributed by atoms with Crippen molar-refractivity contribution in [3.8, 4) is 0 Å². The lowest BCUT2D eigenvalue weighted by Gasteiger charge is -2.64. The van der Waals surface area contributed by atoms with Crippen LogP contribution in [0.2, 0.25) is 0 Å². The molecule has 2 rings (SSSR count). The van der Waals surface area contributed by atoms with Crippen molar-refractivity contribution in [1.29, 1.82) is 0 Å². The molecule has 1 aliphatic carbocycles. The maximum Gasteiger partial charge on any atom is 0.0651 e. The van der Waals surface area contributed by atoms with Gasteiger partial charge in [0.1, 0.15) is 0 Å². The molecule has 1 saturated heterocycles. The van der Waals surface area contributed by atoms with Crippen molar-refractivity contribution >= 4 is 0 Å². The Morgan fingerprint density at radius 1 is 1.40 bits per heavy atom. The van der Waals surface area contributed by atoms with Crippen molar-refractivity contribution in [1.82, 2.24) is 0 Å². The molecule has 1 unspecified atom stereocenters. The molecule has 1 N–H and O–H groups in total. The third kappa shape index (κ3) is 0.487. The lowest BCUT2D eigenvalue weighted by atomic mass is 9.48. The van der Waals surface area contributed by atoms with Crippen molar-refractivity contribution in [2.24, 2.45) is 10.8 Å². The van der Waals surface area contributed by atoms with E-state index in [1.807, 2.05) is 0 Å². The summed E-state index contributed by atoms with van der Waals surface area (Å²) < 4.78 is 5.13. The first-order valence-corrected chi connectivity index (χ1v) is 3.84. The van der Waals surface area contributed by atoms with Gasteiger partial charge in [-0.3, -0.25) is 0 Å². The van der Waals surface area contributed by atoms with E-state index in [-0.39, 0.29) is 11.5 Å². The van der Waals surface area contributed by atoms with Gasteiger partial charge in [0, 0.05) is 5.41 Å². The molecule has 1 atom stereocenters. The molecule has 1 heterocycles. The maximum atomic E-state index is 9.47. The molecule has 2 nitrogen and oxygen atoms in total. The van der Waals surface area contributed by atoms with Crippen LogP contribution in [0, 0.1) is 10.8 Å². The predicted molar refractivity (Wildman–Crippen MR) is 37.7 cm³/mol. The first-order valence-electron chi connectivity index (χ1n) is 3.84. The highest BCUT2D eigenvalue weighted by Gasteiger charge is 2.64. The number of ether oxygens (including phenoxy) is 1.